The Morgan fingerprint density at radius 2 is 1.15 bits per heavy atom. The summed E-state index contributed by atoms with van der Waals surface area (Å²) in [5, 5.41) is 0. The van der Waals surface area contributed by atoms with Crippen LogP contribution in [0.15, 0.2) is 90.5 Å². The molecule has 1 aliphatic heterocycles. The molecule has 4 aromatic rings. The number of hydrogen-bond donors (Lipinski definition) is 0. The number of benzene rings is 4. The van der Waals surface area contributed by atoms with Gasteiger partial charge in [-0.1, -0.05) is 0 Å². The third-order valence-corrected chi connectivity index (χ3v) is 23.2. The molecule has 2 aliphatic carbocycles. The van der Waals surface area contributed by atoms with Gasteiger partial charge in [-0.05, 0) is 0 Å². The summed E-state index contributed by atoms with van der Waals surface area (Å²) in [5.74, 6) is 0. The van der Waals surface area contributed by atoms with Crippen molar-refractivity contribution in [3.8, 4) is 22.3 Å². The van der Waals surface area contributed by atoms with Gasteiger partial charge >= 0.3 is 247 Å². The molecule has 1 unspecified atom stereocenters. The molecule has 0 saturated carbocycles. The molecule has 0 N–H and O–H groups in total. The molecule has 0 radical (unpaired) electrons. The second-order valence-electron chi connectivity index (χ2n) is 14.8. The van der Waals surface area contributed by atoms with Gasteiger partial charge in [-0.25, -0.2) is 0 Å². The van der Waals surface area contributed by atoms with E-state index in [9.17, 15) is 0 Å². The van der Waals surface area contributed by atoms with E-state index in [1.54, 1.807) is 22.3 Å². The first kappa shape index (κ1) is 26.4. The minimum atomic E-state index is -2.77. The Kier molecular flexibility index (Phi) is 5.94. The topological polar surface area (TPSA) is 0 Å². The maximum absolute atomic E-state index is 2.77. The van der Waals surface area contributed by atoms with Crippen molar-refractivity contribution in [1.29, 1.82) is 0 Å². The van der Waals surface area contributed by atoms with E-state index in [0.29, 0.717) is 7.25 Å². The average Bonchev–Trinajstić information content (AvgIpc) is 3.51. The molecule has 0 nitrogen and oxygen atoms in total. The molecule has 1 saturated heterocycles. The summed E-state index contributed by atoms with van der Waals surface area (Å²) in [6.45, 7) is 16.6. The summed E-state index contributed by atoms with van der Waals surface area (Å²) in [4.78, 5) is 0. The van der Waals surface area contributed by atoms with Crippen molar-refractivity contribution in [2.24, 2.45) is 0 Å². The summed E-state index contributed by atoms with van der Waals surface area (Å²) in [6.07, 6.45) is 2.56. The Labute approximate surface area is 246 Å². The molecule has 7 rings (SSSR count). The molecule has 202 valence electrons. The van der Waals surface area contributed by atoms with E-state index in [0.717, 1.165) is 0 Å². The van der Waals surface area contributed by atoms with Crippen molar-refractivity contribution in [2.45, 2.75) is 74.8 Å². The molecule has 1 heterocycles. The predicted molar refractivity (Wildman–Crippen MR) is 169 cm³/mol. The van der Waals surface area contributed by atoms with Gasteiger partial charge in [-0.2, -0.15) is 0 Å². The fraction of sp³-hybridized carbons (Fsp3) is 0.333. The standard InChI is InChI=1S/C21H25.C16H13.C2H4.Zr/c1-20(2,3)16-7-9-18-14(12-16)11-15-13-17(21(4,5)6)8-10-19(15)18;1-12-10-14-8-5-9-15(16(14)11-12)13-6-3-2-4-7-13;1-2;/h7-13H,1-6H3;2-11H,1H3;1-2H2;. The van der Waals surface area contributed by atoms with Gasteiger partial charge in [-0.15, -0.1) is 0 Å². The normalized spacial score (nSPS) is 19.2. The third kappa shape index (κ3) is 4.02. The molecule has 4 aromatic carbocycles. The minimum absolute atomic E-state index is 0.150. The fourth-order valence-electron chi connectivity index (χ4n) is 7.89. The van der Waals surface area contributed by atoms with E-state index in [4.69, 9.17) is 0 Å². The summed E-state index contributed by atoms with van der Waals surface area (Å²) < 4.78 is 4.27. The van der Waals surface area contributed by atoms with Crippen LogP contribution >= 0.6 is 0 Å². The van der Waals surface area contributed by atoms with Crippen LogP contribution in [0.3, 0.4) is 0 Å². The van der Waals surface area contributed by atoms with Crippen molar-refractivity contribution in [3.05, 3.63) is 124 Å². The third-order valence-electron chi connectivity index (χ3n) is 10.1. The van der Waals surface area contributed by atoms with Gasteiger partial charge in [0.2, 0.25) is 0 Å². The Balaban J connectivity index is 1.43. The molecule has 1 atom stereocenters. The van der Waals surface area contributed by atoms with E-state index >= 15 is 0 Å². The van der Waals surface area contributed by atoms with Crippen molar-refractivity contribution < 1.29 is 20.3 Å². The molecular weight excluding hydrogens is 560 g/mol. The van der Waals surface area contributed by atoms with Gasteiger partial charge in [0.05, 0.1) is 0 Å². The number of hydrogen-bond acceptors (Lipinski definition) is 0. The second kappa shape index (κ2) is 9.00. The quantitative estimate of drug-likeness (QED) is 0.219. The Morgan fingerprint density at radius 1 is 0.575 bits per heavy atom. The van der Waals surface area contributed by atoms with Gasteiger partial charge in [0.1, 0.15) is 0 Å². The number of allylic oxidation sites excluding steroid dienone is 1. The van der Waals surface area contributed by atoms with Gasteiger partial charge in [-0.3, -0.25) is 0 Å². The van der Waals surface area contributed by atoms with Crippen LogP contribution in [0.25, 0.3) is 28.3 Å². The maximum atomic E-state index is 2.63. The molecule has 0 amide bonds. The number of fused-ring (bicyclic) bond motifs is 4. The monoisotopic (exact) mass is 600 g/mol. The van der Waals surface area contributed by atoms with Crippen molar-refractivity contribution in [3.63, 3.8) is 0 Å². The van der Waals surface area contributed by atoms with Crippen molar-refractivity contribution in [2.75, 3.05) is 0 Å². The van der Waals surface area contributed by atoms with Crippen LogP contribution in [0.2, 0.25) is 8.26 Å². The van der Waals surface area contributed by atoms with Crippen LogP contribution in [0, 0.1) is 0 Å². The Morgan fingerprint density at radius 3 is 1.68 bits per heavy atom. The molecule has 1 heteroatoms. The summed E-state index contributed by atoms with van der Waals surface area (Å²) in [5.41, 5.74) is 17.1. The second-order valence-corrected chi connectivity index (χ2v) is 26.1. The van der Waals surface area contributed by atoms with Gasteiger partial charge in [0.25, 0.3) is 0 Å². The Bertz CT molecular complexity index is 1610. The fourth-order valence-corrected chi connectivity index (χ4v) is 25.2. The van der Waals surface area contributed by atoms with Crippen LogP contribution in [-0.4, -0.2) is 0 Å². The first-order valence-corrected chi connectivity index (χ1v) is 21.5. The van der Waals surface area contributed by atoms with Gasteiger partial charge < -0.3 is 0 Å². The van der Waals surface area contributed by atoms with Crippen LogP contribution < -0.4 is 0 Å². The summed E-state index contributed by atoms with van der Waals surface area (Å²) in [6, 6.07) is 33.1. The molecule has 0 spiro atoms. The number of rotatable bonds is 3. The first-order chi connectivity index (χ1) is 19.0. The van der Waals surface area contributed by atoms with Gasteiger partial charge in [0, 0.05) is 0 Å². The molecule has 0 aromatic heterocycles. The van der Waals surface area contributed by atoms with Crippen LogP contribution in [0.5, 0.6) is 0 Å². The molecular formula is C39H42Zr. The predicted octanol–water partition coefficient (Wildman–Crippen LogP) is 11.2. The van der Waals surface area contributed by atoms with Crippen LogP contribution in [-0.2, 0) is 31.1 Å². The summed E-state index contributed by atoms with van der Waals surface area (Å²) >= 11 is -2.77. The molecule has 40 heavy (non-hydrogen) atoms. The van der Waals surface area contributed by atoms with Crippen molar-refractivity contribution in [1.82, 2.24) is 0 Å². The summed E-state index contributed by atoms with van der Waals surface area (Å²) in [7, 11) is 0. The van der Waals surface area contributed by atoms with Crippen LogP contribution in [0.4, 0.5) is 0 Å². The van der Waals surface area contributed by atoms with Crippen LogP contribution in [0.1, 0.15) is 89.1 Å². The zero-order valence-corrected chi connectivity index (χ0v) is 27.7. The molecule has 3 aliphatic rings. The SMILES string of the molecule is CC1=Cc2c(-c3ccccc3)cccc2[CH]1[Zr]1([CH]2c3cc(C(C)(C)C)ccc3-c3ccc(C(C)(C)C)cc32)[CH2][CH2]1. The van der Waals surface area contributed by atoms with E-state index in [1.165, 1.54) is 47.2 Å². The van der Waals surface area contributed by atoms with E-state index in [2.05, 4.69) is 139 Å². The van der Waals surface area contributed by atoms with Gasteiger partial charge in [0.15, 0.2) is 0 Å². The zero-order chi connectivity index (χ0) is 28.0. The Hall–Kier alpha value is -2.50. The zero-order valence-electron chi connectivity index (χ0n) is 25.2. The molecule has 1 fully saturated rings. The van der Waals surface area contributed by atoms with E-state index < -0.39 is 20.3 Å². The molecule has 0 bridgehead atoms. The van der Waals surface area contributed by atoms with E-state index in [-0.39, 0.29) is 10.8 Å². The average molecular weight is 602 g/mol. The van der Waals surface area contributed by atoms with E-state index in [1.807, 2.05) is 0 Å². The first-order valence-electron chi connectivity index (χ1n) is 15.1. The van der Waals surface area contributed by atoms with Crippen molar-refractivity contribution >= 4 is 6.08 Å².